The third kappa shape index (κ3) is 9.03. The number of nitrogens with one attached hydrogen (secondary N) is 3. The van der Waals surface area contributed by atoms with E-state index in [2.05, 4.69) is 34.0 Å². The van der Waals surface area contributed by atoms with Gasteiger partial charge in [-0.3, -0.25) is 9.59 Å². The molecule has 3 aliphatic rings. The Hall–Kier alpha value is -3.96. The molecule has 2 heterocycles. The van der Waals surface area contributed by atoms with Crippen LogP contribution >= 0.6 is 8.03 Å². The van der Waals surface area contributed by atoms with Gasteiger partial charge in [0.15, 0.2) is 0 Å². The highest BCUT2D eigenvalue weighted by molar-refractivity contribution is 7.40. The Morgan fingerprint density at radius 2 is 1.76 bits per heavy atom. The number of ether oxygens (including phenoxy) is 1. The van der Waals surface area contributed by atoms with Gasteiger partial charge in [-0.05, 0) is 68.6 Å². The van der Waals surface area contributed by atoms with Crippen LogP contribution in [0.3, 0.4) is 0 Å². The molecule has 0 spiro atoms. The van der Waals surface area contributed by atoms with Crippen LogP contribution in [0.5, 0.6) is 0 Å². The number of rotatable bonds is 11. The fourth-order valence-corrected chi connectivity index (χ4v) is 7.70. The zero-order valence-electron chi connectivity index (χ0n) is 30.2. The zero-order chi connectivity index (χ0) is 37.0. The Bertz CT molecular complexity index is 1480. The molecular weight excluding hydrogens is 659 g/mol. The number of anilines is 2. The number of carbonyl (C=O) groups excluding carboxylic acids is 4. The van der Waals surface area contributed by atoms with Crippen LogP contribution in [0.25, 0.3) is 0 Å². The number of benzene rings is 1. The summed E-state index contributed by atoms with van der Waals surface area (Å²) in [5.74, 6) is -1.57. The molecule has 3 unspecified atom stereocenters. The molecule has 2 saturated heterocycles. The molecule has 0 bridgehead atoms. The van der Waals surface area contributed by atoms with E-state index >= 15 is 0 Å². The van der Waals surface area contributed by atoms with Gasteiger partial charge in [0.1, 0.15) is 17.7 Å². The normalized spacial score (nSPS) is 24.4. The first kappa shape index (κ1) is 38.8. The van der Waals surface area contributed by atoms with Crippen LogP contribution in [0.4, 0.5) is 21.0 Å². The Labute approximate surface area is 296 Å². The Morgan fingerprint density at radius 1 is 1.10 bits per heavy atom. The molecule has 2 aliphatic heterocycles. The van der Waals surface area contributed by atoms with Crippen LogP contribution in [-0.4, -0.2) is 93.8 Å². The second kappa shape index (κ2) is 15.5. The van der Waals surface area contributed by atoms with E-state index in [1.54, 1.807) is 52.5 Å². The average molecular weight is 714 g/mol. The highest BCUT2D eigenvalue weighted by Crippen LogP contribution is 2.58. The summed E-state index contributed by atoms with van der Waals surface area (Å²) in [7, 11) is -2.81. The van der Waals surface area contributed by atoms with Crippen molar-refractivity contribution in [3.8, 4) is 0 Å². The maximum absolute atomic E-state index is 14.5. The van der Waals surface area contributed by atoms with Crippen molar-refractivity contribution in [1.29, 1.82) is 0 Å². The zero-order valence-corrected chi connectivity index (χ0v) is 31.1. The van der Waals surface area contributed by atoms with Gasteiger partial charge in [-0.15, -0.1) is 13.2 Å². The summed E-state index contributed by atoms with van der Waals surface area (Å²) >= 11 is 0. The Kier molecular flexibility index (Phi) is 12.0. The molecule has 14 heteroatoms. The minimum atomic E-state index is -2.81. The van der Waals surface area contributed by atoms with Crippen molar-refractivity contribution in [3.05, 3.63) is 49.6 Å². The molecule has 1 saturated carbocycles. The molecule has 50 heavy (non-hydrogen) atoms. The van der Waals surface area contributed by atoms with Crippen molar-refractivity contribution in [3.63, 3.8) is 0 Å². The Balaban J connectivity index is 1.65. The molecular formula is C36H54N6O7P+. The second-order valence-corrected chi connectivity index (χ2v) is 16.9. The first-order valence-electron chi connectivity index (χ1n) is 17.3. The predicted molar refractivity (Wildman–Crippen MR) is 194 cm³/mol. The lowest BCUT2D eigenvalue weighted by molar-refractivity contribution is -0.142. The minimum absolute atomic E-state index is 0.0301. The van der Waals surface area contributed by atoms with E-state index in [-0.39, 0.29) is 25.9 Å². The van der Waals surface area contributed by atoms with Gasteiger partial charge in [0.05, 0.1) is 23.3 Å². The smallest absolute Gasteiger partial charge is 0.444 e. The maximum atomic E-state index is 14.5. The number of para-hydroxylation sites is 2. The number of nitrogens with zero attached hydrogens (tertiary/aromatic N) is 3. The van der Waals surface area contributed by atoms with E-state index in [1.165, 1.54) is 11.0 Å². The molecule has 1 aromatic carbocycles. The number of amides is 5. The maximum Gasteiger partial charge on any atom is 0.534 e. The molecule has 1 aliphatic carbocycles. The van der Waals surface area contributed by atoms with Gasteiger partial charge in [-0.2, -0.15) is 4.89 Å². The van der Waals surface area contributed by atoms with Crippen molar-refractivity contribution in [2.45, 2.75) is 103 Å². The van der Waals surface area contributed by atoms with E-state index in [9.17, 15) is 28.6 Å². The monoisotopic (exact) mass is 713 g/mol. The number of urea groups is 1. The molecule has 4 N–H and O–H groups in total. The summed E-state index contributed by atoms with van der Waals surface area (Å²) in [6, 6.07) is 4.36. The number of likely N-dealkylation sites (tertiary alicyclic amines) is 1. The quantitative estimate of drug-likeness (QED) is 0.176. The Morgan fingerprint density at radius 3 is 2.32 bits per heavy atom. The lowest BCUT2D eigenvalue weighted by Crippen LogP contribution is -2.59. The van der Waals surface area contributed by atoms with Crippen LogP contribution in [0.2, 0.25) is 0 Å². The van der Waals surface area contributed by atoms with Gasteiger partial charge in [0, 0.05) is 32.6 Å². The van der Waals surface area contributed by atoms with Gasteiger partial charge in [-0.25, -0.2) is 9.59 Å². The molecule has 0 radical (unpaired) electrons. The molecule has 1 aromatic rings. The van der Waals surface area contributed by atoms with Crippen molar-refractivity contribution in [1.82, 2.24) is 20.4 Å². The highest BCUT2D eigenvalue weighted by atomic mass is 31.1. The summed E-state index contributed by atoms with van der Waals surface area (Å²) < 4.78 is 17.9. The van der Waals surface area contributed by atoms with E-state index in [4.69, 9.17) is 4.74 Å². The lowest BCUT2D eigenvalue weighted by Gasteiger charge is -2.36. The van der Waals surface area contributed by atoms with Gasteiger partial charge < -0.3 is 35.4 Å². The van der Waals surface area contributed by atoms with Crippen molar-refractivity contribution in [2.75, 3.05) is 36.4 Å². The van der Waals surface area contributed by atoms with Crippen LogP contribution in [-0.2, 0) is 18.9 Å². The van der Waals surface area contributed by atoms with Crippen LogP contribution in [0.1, 0.15) is 73.6 Å². The summed E-state index contributed by atoms with van der Waals surface area (Å²) in [4.78, 5) is 70.8. The van der Waals surface area contributed by atoms with E-state index in [1.807, 2.05) is 24.3 Å². The molecule has 274 valence electrons. The predicted octanol–water partition coefficient (Wildman–Crippen LogP) is 5.36. The number of hydrogen-bond acceptors (Lipinski definition) is 7. The third-order valence-electron chi connectivity index (χ3n) is 9.46. The van der Waals surface area contributed by atoms with Crippen LogP contribution in [0.15, 0.2) is 49.6 Å². The minimum Gasteiger partial charge on any atom is -0.444 e. The molecule has 5 amide bonds. The standard InChI is InChI=1S/C36H53N6O7P/c1-9-18-41(32(45)37-26-16-12-13-17-27(26)40-19-14-11-15-20-40)25-21-28(30(43)39-36(50(47)48)22-24(36)10-2)42(23-25)31(44)29(34(3,4)5)38-33(46)49-35(6,7)8/h9-10,12-13,16-17,24-25,28-29H,1-2,11,14-15,18-23H2,3-8H3,(H3-,37,38,39,43,45,46,47,48)/p+1/t24?,25-,28+,29-,36?/m1/s1. The first-order valence-corrected chi connectivity index (χ1v) is 18.6. The summed E-state index contributed by atoms with van der Waals surface area (Å²) in [6.45, 7) is 20.0. The van der Waals surface area contributed by atoms with Crippen molar-refractivity contribution >= 4 is 43.3 Å². The molecule has 0 aromatic heterocycles. The van der Waals surface area contributed by atoms with Gasteiger partial charge >= 0.3 is 20.2 Å². The number of hydrogen-bond donors (Lipinski definition) is 4. The van der Waals surface area contributed by atoms with Crippen molar-refractivity contribution in [2.24, 2.45) is 11.3 Å². The fraction of sp³-hybridized carbons (Fsp3) is 0.611. The number of piperidine rings is 1. The second-order valence-electron chi connectivity index (χ2n) is 15.5. The van der Waals surface area contributed by atoms with Crippen LogP contribution < -0.4 is 20.9 Å². The molecule has 13 nitrogen and oxygen atoms in total. The fourth-order valence-electron chi connectivity index (χ4n) is 6.75. The molecule has 4 rings (SSSR count). The topological polar surface area (TPSA) is 161 Å². The summed E-state index contributed by atoms with van der Waals surface area (Å²) in [6.07, 6.45) is 5.92. The van der Waals surface area contributed by atoms with Gasteiger partial charge in [-0.1, -0.05) is 45.1 Å². The van der Waals surface area contributed by atoms with Crippen LogP contribution in [0, 0.1) is 11.3 Å². The first-order chi connectivity index (χ1) is 23.4. The average Bonchev–Trinajstić information content (AvgIpc) is 3.58. The SMILES string of the molecule is C=CCN(C(=O)Nc1ccccc1N1CCCCC1)[C@@H]1C[C@@H](C(=O)NC2([P+](=O)O)CC2C=C)N(C(=O)[C@@H](NC(=O)OC(C)(C)C)C(C)(C)C)C1. The third-order valence-corrected chi connectivity index (χ3v) is 10.8. The highest BCUT2D eigenvalue weighted by Gasteiger charge is 2.70. The van der Waals surface area contributed by atoms with Crippen molar-refractivity contribution < 1.29 is 33.4 Å². The van der Waals surface area contributed by atoms with E-state index in [0.29, 0.717) is 5.69 Å². The largest absolute Gasteiger partial charge is 0.534 e. The molecule has 6 atom stereocenters. The lowest BCUT2D eigenvalue weighted by atomic mass is 9.85. The molecule has 3 fully saturated rings. The van der Waals surface area contributed by atoms with E-state index in [0.717, 1.165) is 38.0 Å². The van der Waals surface area contributed by atoms with E-state index < -0.39 is 72.3 Å². The van der Waals surface area contributed by atoms with Gasteiger partial charge in [0.2, 0.25) is 11.8 Å². The summed E-state index contributed by atoms with van der Waals surface area (Å²) in [5, 5.41) is 7.15. The summed E-state index contributed by atoms with van der Waals surface area (Å²) in [5.41, 5.74) is -0.0430. The number of carbonyl (C=O) groups is 4. The number of alkyl carbamates (subject to hydrolysis) is 1. The van der Waals surface area contributed by atoms with Gasteiger partial charge in [0.25, 0.3) is 5.28 Å².